The smallest absolute Gasteiger partial charge is 0.311 e. The lowest BCUT2D eigenvalue weighted by Crippen LogP contribution is -2.25. The molecule has 0 spiro atoms. The van der Waals surface area contributed by atoms with Gasteiger partial charge in [0.25, 0.3) is 5.91 Å². The maximum absolute atomic E-state index is 13.1. The second kappa shape index (κ2) is 9.75. The Balaban J connectivity index is 1.88. The molecule has 0 atom stereocenters. The summed E-state index contributed by atoms with van der Waals surface area (Å²) in [5.74, 6) is -0.835. The lowest BCUT2D eigenvalue weighted by Gasteiger charge is -2.22. The van der Waals surface area contributed by atoms with Crippen LogP contribution in [0.4, 0.5) is 10.8 Å². The van der Waals surface area contributed by atoms with Gasteiger partial charge in [-0.1, -0.05) is 0 Å². The van der Waals surface area contributed by atoms with E-state index in [9.17, 15) is 18.0 Å². The molecule has 11 heteroatoms. The average molecular weight is 467 g/mol. The number of sulfonamides is 1. The van der Waals surface area contributed by atoms with Gasteiger partial charge in [-0.2, -0.15) is 0 Å². The molecule has 2 aromatic rings. The highest BCUT2D eigenvalue weighted by Crippen LogP contribution is 2.29. The third-order valence-electron chi connectivity index (χ3n) is 4.84. The van der Waals surface area contributed by atoms with E-state index in [0.29, 0.717) is 16.5 Å². The van der Waals surface area contributed by atoms with Gasteiger partial charge in [-0.25, -0.2) is 17.7 Å². The molecule has 2 heterocycles. The van der Waals surface area contributed by atoms with Gasteiger partial charge in [-0.05, 0) is 38.0 Å². The summed E-state index contributed by atoms with van der Waals surface area (Å²) in [5.41, 5.74) is 1.46. The fourth-order valence-electron chi connectivity index (χ4n) is 3.27. The number of hydrogen-bond acceptors (Lipinski definition) is 8. The van der Waals surface area contributed by atoms with Crippen LogP contribution in [0.15, 0.2) is 28.5 Å². The summed E-state index contributed by atoms with van der Waals surface area (Å²) in [6.45, 7) is 3.63. The molecule has 1 amide bonds. The topological polar surface area (TPSA) is 109 Å². The Hall–Kier alpha value is -2.50. The molecule has 1 aromatic heterocycles. The van der Waals surface area contributed by atoms with Gasteiger partial charge in [0.1, 0.15) is 0 Å². The number of ether oxygens (including phenoxy) is 1. The van der Waals surface area contributed by atoms with Gasteiger partial charge in [0.15, 0.2) is 5.13 Å². The van der Waals surface area contributed by atoms with E-state index >= 15 is 0 Å². The van der Waals surface area contributed by atoms with Crippen molar-refractivity contribution < 1.29 is 22.7 Å². The Morgan fingerprint density at radius 1 is 1.26 bits per heavy atom. The third-order valence-corrected chi connectivity index (χ3v) is 7.46. The second-order valence-electron chi connectivity index (χ2n) is 7.24. The number of carbonyl (C=O) groups is 2. The highest BCUT2D eigenvalue weighted by molar-refractivity contribution is 7.89. The molecular formula is C20H26N4O5S2. The number of rotatable bonds is 8. The van der Waals surface area contributed by atoms with Crippen LogP contribution in [0.25, 0.3) is 0 Å². The zero-order valence-electron chi connectivity index (χ0n) is 17.8. The summed E-state index contributed by atoms with van der Waals surface area (Å²) in [4.78, 5) is 31.1. The van der Waals surface area contributed by atoms with Crippen molar-refractivity contribution in [3.63, 3.8) is 0 Å². The predicted molar refractivity (Wildman–Crippen MR) is 119 cm³/mol. The van der Waals surface area contributed by atoms with E-state index in [4.69, 9.17) is 4.74 Å². The molecule has 1 saturated heterocycles. The van der Waals surface area contributed by atoms with Crippen molar-refractivity contribution in [3.8, 4) is 0 Å². The Morgan fingerprint density at radius 3 is 2.61 bits per heavy atom. The Labute approximate surface area is 186 Å². The van der Waals surface area contributed by atoms with Crippen LogP contribution in [0.3, 0.4) is 0 Å². The van der Waals surface area contributed by atoms with Crippen molar-refractivity contribution >= 4 is 44.1 Å². The molecular weight excluding hydrogens is 440 g/mol. The van der Waals surface area contributed by atoms with E-state index in [0.717, 1.165) is 30.2 Å². The van der Waals surface area contributed by atoms with Crippen molar-refractivity contribution in [3.05, 3.63) is 34.8 Å². The number of esters is 1. The van der Waals surface area contributed by atoms with E-state index < -0.39 is 15.9 Å². The van der Waals surface area contributed by atoms with E-state index in [1.54, 1.807) is 18.4 Å². The monoisotopic (exact) mass is 466 g/mol. The number of carbonyl (C=O) groups excluding carboxylic acids is 2. The molecule has 0 saturated carbocycles. The molecule has 9 nitrogen and oxygen atoms in total. The fraction of sp³-hybridized carbons (Fsp3) is 0.450. The van der Waals surface area contributed by atoms with Crippen LogP contribution in [0, 0.1) is 0 Å². The first kappa shape index (κ1) is 23.2. The summed E-state index contributed by atoms with van der Waals surface area (Å²) in [6.07, 6.45) is 2.06. The first-order valence-corrected chi connectivity index (χ1v) is 12.3. The number of aromatic nitrogens is 1. The average Bonchev–Trinajstić information content (AvgIpc) is 3.40. The highest BCUT2D eigenvalue weighted by atomic mass is 32.2. The van der Waals surface area contributed by atoms with Crippen LogP contribution in [0.2, 0.25) is 0 Å². The van der Waals surface area contributed by atoms with Crippen molar-refractivity contribution in [2.75, 3.05) is 44.0 Å². The zero-order valence-corrected chi connectivity index (χ0v) is 19.4. The third kappa shape index (κ3) is 5.41. The minimum absolute atomic E-state index is 0.0236. The van der Waals surface area contributed by atoms with Gasteiger partial charge in [0.05, 0.1) is 29.2 Å². The standard InChI is InChI=1S/C20H26N4O5S2/c1-4-29-18(25)11-14-13-30-20(21-14)22-19(26)16-12-15(31(27,28)23(2)3)7-8-17(16)24-9-5-6-10-24/h7-8,12-13H,4-6,9-11H2,1-3H3,(H,21,22,26). The van der Waals surface area contributed by atoms with Crippen LogP contribution in [-0.2, 0) is 26.0 Å². The Bertz CT molecular complexity index is 1060. The maximum atomic E-state index is 13.1. The molecule has 3 rings (SSSR count). The molecule has 168 valence electrons. The molecule has 0 aliphatic carbocycles. The van der Waals surface area contributed by atoms with Gasteiger partial charge < -0.3 is 9.64 Å². The summed E-state index contributed by atoms with van der Waals surface area (Å²) < 4.78 is 31.2. The van der Waals surface area contributed by atoms with Crippen LogP contribution < -0.4 is 10.2 Å². The van der Waals surface area contributed by atoms with Crippen LogP contribution in [0.5, 0.6) is 0 Å². The van der Waals surface area contributed by atoms with Gasteiger partial charge in [-0.3, -0.25) is 14.9 Å². The van der Waals surface area contributed by atoms with Crippen molar-refractivity contribution in [2.45, 2.75) is 31.1 Å². The Kier molecular flexibility index (Phi) is 7.29. The van der Waals surface area contributed by atoms with Crippen LogP contribution in [0.1, 0.15) is 35.8 Å². The van der Waals surface area contributed by atoms with Crippen molar-refractivity contribution in [1.29, 1.82) is 0 Å². The number of thiazole rings is 1. The number of nitrogens with zero attached hydrogens (tertiary/aromatic N) is 3. The van der Waals surface area contributed by atoms with Gasteiger partial charge in [0, 0.05) is 38.3 Å². The van der Waals surface area contributed by atoms with E-state index in [-0.39, 0.29) is 29.5 Å². The SMILES string of the molecule is CCOC(=O)Cc1csc(NC(=O)c2cc(S(=O)(=O)N(C)C)ccc2N2CCCC2)n1. The zero-order chi connectivity index (χ0) is 22.6. The lowest BCUT2D eigenvalue weighted by atomic mass is 10.1. The van der Waals surface area contributed by atoms with E-state index in [1.807, 2.05) is 0 Å². The largest absolute Gasteiger partial charge is 0.466 e. The number of hydrogen-bond donors (Lipinski definition) is 1. The number of nitrogens with one attached hydrogen (secondary N) is 1. The Morgan fingerprint density at radius 2 is 1.97 bits per heavy atom. The van der Waals surface area contributed by atoms with Crippen LogP contribution >= 0.6 is 11.3 Å². The summed E-state index contributed by atoms with van der Waals surface area (Å²) >= 11 is 1.19. The van der Waals surface area contributed by atoms with Gasteiger partial charge in [0.2, 0.25) is 10.0 Å². The number of benzene rings is 1. The molecule has 31 heavy (non-hydrogen) atoms. The quantitative estimate of drug-likeness (QED) is 0.595. The van der Waals surface area contributed by atoms with E-state index in [1.165, 1.54) is 37.6 Å². The molecule has 0 radical (unpaired) electrons. The summed E-state index contributed by atoms with van der Waals surface area (Å²) in [6, 6.07) is 4.62. The first-order valence-electron chi connectivity index (χ1n) is 9.95. The minimum atomic E-state index is -3.69. The highest BCUT2D eigenvalue weighted by Gasteiger charge is 2.25. The predicted octanol–water partition coefficient (Wildman–Crippen LogP) is 2.35. The van der Waals surface area contributed by atoms with Gasteiger partial charge >= 0.3 is 5.97 Å². The number of amides is 1. The molecule has 1 aliphatic rings. The molecule has 1 aromatic carbocycles. The fourth-order valence-corrected chi connectivity index (χ4v) is 4.91. The minimum Gasteiger partial charge on any atom is -0.466 e. The second-order valence-corrected chi connectivity index (χ2v) is 10.3. The van der Waals surface area contributed by atoms with Crippen molar-refractivity contribution in [2.24, 2.45) is 0 Å². The van der Waals surface area contributed by atoms with Crippen LogP contribution in [-0.4, -0.2) is 63.4 Å². The maximum Gasteiger partial charge on any atom is 0.311 e. The van der Waals surface area contributed by atoms with Crippen molar-refractivity contribution in [1.82, 2.24) is 9.29 Å². The molecule has 1 aliphatic heterocycles. The first-order chi connectivity index (χ1) is 14.7. The molecule has 1 N–H and O–H groups in total. The van der Waals surface area contributed by atoms with Gasteiger partial charge in [-0.15, -0.1) is 11.3 Å². The summed E-state index contributed by atoms with van der Waals surface area (Å²) in [5, 5.41) is 4.75. The lowest BCUT2D eigenvalue weighted by molar-refractivity contribution is -0.142. The normalized spacial score (nSPS) is 14.1. The summed E-state index contributed by atoms with van der Waals surface area (Å²) in [7, 11) is -0.793. The molecule has 0 bridgehead atoms. The molecule has 1 fully saturated rings. The van der Waals surface area contributed by atoms with E-state index in [2.05, 4.69) is 15.2 Å². The molecule has 0 unspecified atom stereocenters. The number of anilines is 2.